The Hall–Kier alpha value is -1.44. The van der Waals surface area contributed by atoms with Crippen molar-refractivity contribution in [1.82, 2.24) is 0 Å². The molecule has 4 nitrogen and oxygen atoms in total. The molecule has 0 amide bonds. The maximum absolute atomic E-state index is 8.69. The highest BCUT2D eigenvalue weighted by atomic mass is 35.5. The summed E-state index contributed by atoms with van der Waals surface area (Å²) < 4.78 is 10.7. The highest BCUT2D eigenvalue weighted by Crippen LogP contribution is 2.39. The largest absolute Gasteiger partial charge is 0.486 e. The third-order valence-corrected chi connectivity index (χ3v) is 2.40. The summed E-state index contributed by atoms with van der Waals surface area (Å²) in [6.07, 6.45) is 0. The van der Waals surface area contributed by atoms with E-state index >= 15 is 0 Å². The van der Waals surface area contributed by atoms with Gasteiger partial charge in [0.05, 0.1) is 11.1 Å². The molecule has 78 valence electrons. The van der Waals surface area contributed by atoms with Crippen molar-refractivity contribution in [3.05, 3.63) is 22.7 Å². The Morgan fingerprint density at radius 3 is 2.87 bits per heavy atom. The number of fused-ring (bicyclic) bond motifs is 1. The molecule has 0 spiro atoms. The maximum atomic E-state index is 8.69. The first kappa shape index (κ1) is 10.1. The van der Waals surface area contributed by atoms with E-state index in [0.29, 0.717) is 35.3 Å². The molecule has 1 heterocycles. The van der Waals surface area contributed by atoms with E-state index in [1.165, 1.54) is 0 Å². The van der Waals surface area contributed by atoms with Crippen LogP contribution in [0.5, 0.6) is 11.5 Å². The van der Waals surface area contributed by atoms with Gasteiger partial charge in [0.15, 0.2) is 11.5 Å². The molecule has 1 aliphatic heterocycles. The summed E-state index contributed by atoms with van der Waals surface area (Å²) in [5.74, 6) is 1.08. The first-order chi connectivity index (χ1) is 7.22. The lowest BCUT2D eigenvalue weighted by Crippen LogP contribution is -2.16. The Kier molecular flexibility index (Phi) is 2.67. The number of nitrogens with two attached hydrogens (primary N) is 1. The SMILES string of the molecule is N#CC(N)c1cc(Cl)c2c(c1)OCCO2. The molecule has 0 fully saturated rings. The molecule has 0 saturated heterocycles. The number of ether oxygens (including phenoxy) is 2. The van der Waals surface area contributed by atoms with Gasteiger partial charge in [0, 0.05) is 0 Å². The standard InChI is InChI=1S/C10H9ClN2O2/c11-7-3-6(8(13)5-12)4-9-10(7)15-2-1-14-9/h3-4,8H,1-2,13H2. The van der Waals surface area contributed by atoms with Crippen molar-refractivity contribution in [2.45, 2.75) is 6.04 Å². The molecule has 0 saturated carbocycles. The molecule has 1 aromatic carbocycles. The van der Waals surface area contributed by atoms with Gasteiger partial charge < -0.3 is 15.2 Å². The number of hydrogen-bond donors (Lipinski definition) is 1. The third-order valence-electron chi connectivity index (χ3n) is 2.12. The molecule has 2 N–H and O–H groups in total. The highest BCUT2D eigenvalue weighted by molar-refractivity contribution is 6.32. The van der Waals surface area contributed by atoms with Gasteiger partial charge >= 0.3 is 0 Å². The first-order valence-electron chi connectivity index (χ1n) is 4.46. The normalized spacial score (nSPS) is 15.5. The Balaban J connectivity index is 2.46. The number of nitrogens with zero attached hydrogens (tertiary/aromatic N) is 1. The monoisotopic (exact) mass is 224 g/mol. The predicted octanol–water partition coefficient (Wildman–Crippen LogP) is 1.63. The smallest absolute Gasteiger partial charge is 0.179 e. The lowest BCUT2D eigenvalue weighted by molar-refractivity contribution is 0.171. The molecule has 15 heavy (non-hydrogen) atoms. The van der Waals surface area contributed by atoms with E-state index in [1.807, 2.05) is 6.07 Å². The Labute approximate surface area is 92.1 Å². The molecular weight excluding hydrogens is 216 g/mol. The summed E-state index contributed by atoms with van der Waals surface area (Å²) in [6.45, 7) is 0.963. The fourth-order valence-corrected chi connectivity index (χ4v) is 1.66. The minimum absolute atomic E-state index is 0.424. The number of halogens is 1. The molecule has 0 radical (unpaired) electrons. The molecule has 1 aromatic rings. The zero-order valence-corrected chi connectivity index (χ0v) is 8.62. The van der Waals surface area contributed by atoms with Gasteiger partial charge in [-0.05, 0) is 17.7 Å². The Morgan fingerprint density at radius 2 is 2.13 bits per heavy atom. The van der Waals surface area contributed by atoms with E-state index in [9.17, 15) is 0 Å². The molecule has 2 rings (SSSR count). The summed E-state index contributed by atoms with van der Waals surface area (Å²) in [4.78, 5) is 0. The number of hydrogen-bond acceptors (Lipinski definition) is 4. The van der Waals surface area contributed by atoms with E-state index < -0.39 is 6.04 Å². The average Bonchev–Trinajstić information content (AvgIpc) is 2.28. The zero-order valence-electron chi connectivity index (χ0n) is 7.87. The molecule has 0 bridgehead atoms. The van der Waals surface area contributed by atoms with Crippen molar-refractivity contribution >= 4 is 11.6 Å². The fraction of sp³-hybridized carbons (Fsp3) is 0.300. The topological polar surface area (TPSA) is 68.3 Å². The van der Waals surface area contributed by atoms with Gasteiger partial charge in [-0.25, -0.2) is 0 Å². The molecule has 1 unspecified atom stereocenters. The lowest BCUT2D eigenvalue weighted by atomic mass is 10.1. The van der Waals surface area contributed by atoms with Crippen LogP contribution in [0.1, 0.15) is 11.6 Å². The van der Waals surface area contributed by atoms with Crippen LogP contribution in [-0.4, -0.2) is 13.2 Å². The van der Waals surface area contributed by atoms with Crippen LogP contribution in [0.2, 0.25) is 5.02 Å². The lowest BCUT2D eigenvalue weighted by Gasteiger charge is -2.20. The van der Waals surface area contributed by atoms with Crippen molar-refractivity contribution < 1.29 is 9.47 Å². The van der Waals surface area contributed by atoms with Crippen molar-refractivity contribution in [2.75, 3.05) is 13.2 Å². The van der Waals surface area contributed by atoms with Crippen LogP contribution >= 0.6 is 11.6 Å². The Bertz CT molecular complexity index is 428. The zero-order chi connectivity index (χ0) is 10.8. The van der Waals surface area contributed by atoms with Gasteiger partial charge in [-0.15, -0.1) is 0 Å². The van der Waals surface area contributed by atoms with Crippen LogP contribution in [0.3, 0.4) is 0 Å². The molecule has 5 heteroatoms. The minimum atomic E-state index is -0.696. The van der Waals surface area contributed by atoms with Crippen LogP contribution in [0, 0.1) is 11.3 Å². The summed E-state index contributed by atoms with van der Waals surface area (Å²) in [5, 5.41) is 9.12. The second-order valence-electron chi connectivity index (χ2n) is 3.13. The van der Waals surface area contributed by atoms with Gasteiger partial charge in [-0.1, -0.05) is 11.6 Å². The Morgan fingerprint density at radius 1 is 1.40 bits per heavy atom. The number of benzene rings is 1. The van der Waals surface area contributed by atoms with Gasteiger partial charge in [-0.2, -0.15) is 5.26 Å². The maximum Gasteiger partial charge on any atom is 0.179 e. The molecule has 1 atom stereocenters. The van der Waals surface area contributed by atoms with E-state index in [0.717, 1.165) is 0 Å². The summed E-state index contributed by atoms with van der Waals surface area (Å²) >= 11 is 5.98. The van der Waals surface area contributed by atoms with Gasteiger partial charge in [-0.3, -0.25) is 0 Å². The molecule has 0 aromatic heterocycles. The van der Waals surface area contributed by atoms with E-state index in [4.69, 9.17) is 32.1 Å². The van der Waals surface area contributed by atoms with Crippen molar-refractivity contribution in [2.24, 2.45) is 5.73 Å². The fourth-order valence-electron chi connectivity index (χ4n) is 1.38. The second-order valence-corrected chi connectivity index (χ2v) is 3.54. The van der Waals surface area contributed by atoms with Crippen LogP contribution in [0.25, 0.3) is 0 Å². The third kappa shape index (κ3) is 1.84. The highest BCUT2D eigenvalue weighted by Gasteiger charge is 2.18. The van der Waals surface area contributed by atoms with E-state index in [-0.39, 0.29) is 0 Å². The second kappa shape index (κ2) is 3.97. The van der Waals surface area contributed by atoms with E-state index in [1.54, 1.807) is 12.1 Å². The van der Waals surface area contributed by atoms with Crippen molar-refractivity contribution in [3.8, 4) is 17.6 Å². The van der Waals surface area contributed by atoms with E-state index in [2.05, 4.69) is 0 Å². The van der Waals surface area contributed by atoms with Crippen molar-refractivity contribution in [1.29, 1.82) is 5.26 Å². The average molecular weight is 225 g/mol. The summed E-state index contributed by atoms with van der Waals surface area (Å²) in [7, 11) is 0. The predicted molar refractivity (Wildman–Crippen MR) is 55.0 cm³/mol. The molecule has 0 aliphatic carbocycles. The number of rotatable bonds is 1. The summed E-state index contributed by atoms with van der Waals surface area (Å²) in [5.41, 5.74) is 6.21. The molecule has 1 aliphatic rings. The minimum Gasteiger partial charge on any atom is -0.486 e. The quantitative estimate of drug-likeness (QED) is 0.787. The van der Waals surface area contributed by atoms with Gasteiger partial charge in [0.1, 0.15) is 19.3 Å². The van der Waals surface area contributed by atoms with Crippen LogP contribution < -0.4 is 15.2 Å². The van der Waals surface area contributed by atoms with Crippen LogP contribution in [-0.2, 0) is 0 Å². The first-order valence-corrected chi connectivity index (χ1v) is 4.84. The molecular formula is C10H9ClN2O2. The van der Waals surface area contributed by atoms with Gasteiger partial charge in [0.25, 0.3) is 0 Å². The van der Waals surface area contributed by atoms with Gasteiger partial charge in [0.2, 0.25) is 0 Å². The van der Waals surface area contributed by atoms with Crippen molar-refractivity contribution in [3.63, 3.8) is 0 Å². The van der Waals surface area contributed by atoms with Crippen LogP contribution in [0.15, 0.2) is 12.1 Å². The number of nitriles is 1. The van der Waals surface area contributed by atoms with Crippen LogP contribution in [0.4, 0.5) is 0 Å². The summed E-state index contributed by atoms with van der Waals surface area (Å²) in [6, 6.07) is 4.56.